The Morgan fingerprint density at radius 1 is 1.24 bits per heavy atom. The predicted molar refractivity (Wildman–Crippen MR) is 133 cm³/mol. The summed E-state index contributed by atoms with van der Waals surface area (Å²) in [7, 11) is 0. The molecular weight excluding hydrogens is 435 g/mol. The Kier molecular flexibility index (Phi) is 10.4. The number of aromatic nitrogens is 1. The second-order valence-corrected chi connectivity index (χ2v) is 8.47. The number of allylic oxidation sites excluding steroid dienone is 3. The summed E-state index contributed by atoms with van der Waals surface area (Å²) in [4.78, 5) is 24.0. The first-order valence-corrected chi connectivity index (χ1v) is 11.2. The van der Waals surface area contributed by atoms with E-state index in [1.165, 1.54) is 25.0 Å². The number of nitrogens with zero attached hydrogens (tertiary/aromatic N) is 1. The lowest BCUT2D eigenvalue weighted by molar-refractivity contribution is -0.107. The number of nitrogens with one attached hydrogen (secondary N) is 2. The van der Waals surface area contributed by atoms with Crippen molar-refractivity contribution < 1.29 is 19.1 Å². The summed E-state index contributed by atoms with van der Waals surface area (Å²) in [6.45, 7) is 5.11. The number of hydrogen-bond donors (Lipinski definition) is 4. The van der Waals surface area contributed by atoms with Gasteiger partial charge < -0.3 is 21.5 Å². The van der Waals surface area contributed by atoms with Crippen molar-refractivity contribution in [3.63, 3.8) is 0 Å². The van der Waals surface area contributed by atoms with Gasteiger partial charge in [-0.1, -0.05) is 6.92 Å². The normalized spacial score (nSPS) is 14.5. The van der Waals surface area contributed by atoms with Gasteiger partial charge in [0.05, 0.1) is 12.3 Å². The summed E-state index contributed by atoms with van der Waals surface area (Å²) in [5, 5.41) is 15.7. The van der Waals surface area contributed by atoms with Crippen LogP contribution < -0.4 is 16.4 Å². The molecule has 1 aliphatic carbocycles. The fourth-order valence-electron chi connectivity index (χ4n) is 3.48. The third-order valence-electron chi connectivity index (χ3n) is 5.74. The minimum atomic E-state index is -0.301. The zero-order valence-electron chi connectivity index (χ0n) is 19.7. The molecule has 1 aromatic carbocycles. The Hall–Kier alpha value is -3.52. The number of carbonyl (C=O) groups excluding carboxylic acids is 2. The van der Waals surface area contributed by atoms with E-state index in [1.54, 1.807) is 18.5 Å². The Bertz CT molecular complexity index is 1020. The van der Waals surface area contributed by atoms with Gasteiger partial charge in [-0.15, -0.1) is 0 Å². The molecule has 0 unspecified atom stereocenters. The fourth-order valence-corrected chi connectivity index (χ4v) is 3.48. The van der Waals surface area contributed by atoms with E-state index in [4.69, 9.17) is 4.79 Å². The summed E-state index contributed by atoms with van der Waals surface area (Å²) in [5.41, 5.74) is 8.76. The molecule has 1 aromatic heterocycles. The number of aliphatic hydroxyl groups excluding tert-OH is 1. The first-order valence-electron chi connectivity index (χ1n) is 11.2. The van der Waals surface area contributed by atoms with E-state index >= 15 is 0 Å². The molecule has 0 spiro atoms. The molecule has 7 nitrogen and oxygen atoms in total. The van der Waals surface area contributed by atoms with E-state index < -0.39 is 0 Å². The number of anilines is 1. The summed E-state index contributed by atoms with van der Waals surface area (Å²) < 4.78 is 14.6. The number of aldehydes is 1. The maximum Gasteiger partial charge on any atom is 0.204 e. The molecule has 0 radical (unpaired) electrons. The minimum Gasteiger partial charge on any atom is -0.395 e. The lowest BCUT2D eigenvalue weighted by Gasteiger charge is -2.16. The lowest BCUT2D eigenvalue weighted by atomic mass is 9.97. The quantitative estimate of drug-likeness (QED) is 0.228. The lowest BCUT2D eigenvalue weighted by Crippen LogP contribution is -2.17. The van der Waals surface area contributed by atoms with Gasteiger partial charge in [0.15, 0.2) is 0 Å². The topological polar surface area (TPSA) is 117 Å². The molecule has 0 saturated heterocycles. The van der Waals surface area contributed by atoms with Gasteiger partial charge in [0.2, 0.25) is 6.41 Å². The predicted octanol–water partition coefficient (Wildman–Crippen LogP) is 3.44. The minimum absolute atomic E-state index is 0.0300. The fraction of sp³-hybridized carbons (Fsp3) is 0.346. The number of nitrogens with two attached hydrogens (primary N) is 1. The summed E-state index contributed by atoms with van der Waals surface area (Å²) in [6, 6.07) is 6.95. The molecule has 34 heavy (non-hydrogen) atoms. The van der Waals surface area contributed by atoms with Crippen LogP contribution in [0.1, 0.15) is 42.9 Å². The highest BCUT2D eigenvalue weighted by molar-refractivity contribution is 5.92. The van der Waals surface area contributed by atoms with Gasteiger partial charge in [0.1, 0.15) is 12.1 Å². The second-order valence-electron chi connectivity index (χ2n) is 8.47. The number of rotatable bonds is 11. The SMILES string of the molecule is Cc1cc(F)c(NCCC2(C)CC2)cc1C(/C=C(\NCCO)c1ccncc1)=C/C=O.NC=O. The highest BCUT2D eigenvalue weighted by Gasteiger charge is 2.36. The maximum absolute atomic E-state index is 14.6. The van der Waals surface area contributed by atoms with Crippen molar-refractivity contribution in [2.45, 2.75) is 33.1 Å². The van der Waals surface area contributed by atoms with Gasteiger partial charge in [-0.2, -0.15) is 0 Å². The molecule has 1 saturated carbocycles. The number of primary amides is 1. The molecule has 182 valence electrons. The third-order valence-corrected chi connectivity index (χ3v) is 5.74. The van der Waals surface area contributed by atoms with Gasteiger partial charge in [-0.25, -0.2) is 4.39 Å². The van der Waals surface area contributed by atoms with Crippen LogP contribution in [0.3, 0.4) is 0 Å². The van der Waals surface area contributed by atoms with Crippen molar-refractivity contribution in [2.24, 2.45) is 11.1 Å². The van der Waals surface area contributed by atoms with E-state index in [1.807, 2.05) is 25.1 Å². The van der Waals surface area contributed by atoms with Crippen molar-refractivity contribution in [3.05, 3.63) is 71.3 Å². The summed E-state index contributed by atoms with van der Waals surface area (Å²) >= 11 is 0. The first kappa shape index (κ1) is 26.7. The van der Waals surface area contributed by atoms with E-state index in [0.29, 0.717) is 29.8 Å². The van der Waals surface area contributed by atoms with Crippen LogP contribution in [0.25, 0.3) is 11.3 Å². The molecule has 2 aromatic rings. The van der Waals surface area contributed by atoms with E-state index in [-0.39, 0.29) is 18.8 Å². The highest BCUT2D eigenvalue weighted by Crippen LogP contribution is 2.47. The number of aliphatic hydroxyl groups is 1. The molecule has 1 heterocycles. The molecular formula is C26H33FN4O3. The van der Waals surface area contributed by atoms with Gasteiger partial charge in [-0.3, -0.25) is 14.6 Å². The van der Waals surface area contributed by atoms with Crippen LogP contribution in [0.5, 0.6) is 0 Å². The highest BCUT2D eigenvalue weighted by atomic mass is 19.1. The first-order chi connectivity index (χ1) is 16.4. The van der Waals surface area contributed by atoms with Crippen molar-refractivity contribution in [2.75, 3.05) is 25.0 Å². The summed E-state index contributed by atoms with van der Waals surface area (Å²) in [5.74, 6) is -0.301. The molecule has 3 rings (SSSR count). The number of aryl methyl sites for hydroxylation is 1. The van der Waals surface area contributed by atoms with Crippen molar-refractivity contribution in [1.82, 2.24) is 10.3 Å². The number of pyridine rings is 1. The zero-order valence-corrected chi connectivity index (χ0v) is 19.7. The molecule has 0 bridgehead atoms. The van der Waals surface area contributed by atoms with Gasteiger partial charge in [0.25, 0.3) is 0 Å². The molecule has 5 N–H and O–H groups in total. The number of hydrogen-bond acceptors (Lipinski definition) is 6. The van der Waals surface area contributed by atoms with E-state index in [9.17, 15) is 14.3 Å². The Morgan fingerprint density at radius 3 is 2.50 bits per heavy atom. The molecule has 1 amide bonds. The maximum atomic E-state index is 14.6. The van der Waals surface area contributed by atoms with E-state index in [0.717, 1.165) is 35.1 Å². The van der Waals surface area contributed by atoms with Gasteiger partial charge in [0, 0.05) is 36.7 Å². The number of benzene rings is 1. The molecule has 0 aliphatic heterocycles. The van der Waals surface area contributed by atoms with Crippen LogP contribution in [0, 0.1) is 18.2 Å². The Balaban J connectivity index is 0.00000129. The van der Waals surface area contributed by atoms with Crippen LogP contribution >= 0.6 is 0 Å². The largest absolute Gasteiger partial charge is 0.395 e. The van der Waals surface area contributed by atoms with Gasteiger partial charge in [-0.05, 0) is 84.7 Å². The third kappa shape index (κ3) is 8.12. The van der Waals surface area contributed by atoms with Crippen LogP contribution in [0.2, 0.25) is 0 Å². The molecule has 1 fully saturated rings. The van der Waals surface area contributed by atoms with Crippen molar-refractivity contribution >= 4 is 29.7 Å². The van der Waals surface area contributed by atoms with Crippen LogP contribution in [0.4, 0.5) is 10.1 Å². The average molecular weight is 469 g/mol. The Morgan fingerprint density at radius 2 is 1.91 bits per heavy atom. The molecule has 1 aliphatic rings. The van der Waals surface area contributed by atoms with Crippen LogP contribution in [-0.4, -0.2) is 42.5 Å². The van der Waals surface area contributed by atoms with Crippen molar-refractivity contribution in [3.8, 4) is 0 Å². The second kappa shape index (κ2) is 13.3. The smallest absolute Gasteiger partial charge is 0.204 e. The molecule has 8 heteroatoms. The van der Waals surface area contributed by atoms with Gasteiger partial charge >= 0.3 is 0 Å². The number of halogens is 1. The average Bonchev–Trinajstić information content (AvgIpc) is 3.55. The monoisotopic (exact) mass is 468 g/mol. The summed E-state index contributed by atoms with van der Waals surface area (Å²) in [6.07, 6.45) is 11.1. The number of carbonyl (C=O) groups is 2. The van der Waals surface area contributed by atoms with Crippen molar-refractivity contribution in [1.29, 1.82) is 0 Å². The number of amides is 1. The van der Waals surface area contributed by atoms with Crippen LogP contribution in [0.15, 0.2) is 48.8 Å². The Labute approximate surface area is 200 Å². The van der Waals surface area contributed by atoms with E-state index in [2.05, 4.69) is 28.3 Å². The molecule has 0 atom stereocenters. The standard InChI is InChI=1S/C25H30FN3O2.CH3NO/c1-18-15-22(26)24(28-11-8-25(2)6-7-25)17-21(18)20(5-13-30)16-23(29-12-14-31)19-3-9-27-10-4-19;2-1-3/h3-5,9-10,13,15-17,28-29,31H,6-8,11-12,14H2,1-2H3;1H,(H2,2,3)/b20-5+,23-16-;. The zero-order chi connectivity index (χ0) is 25.0. The van der Waals surface area contributed by atoms with Crippen LogP contribution in [-0.2, 0) is 9.59 Å².